The van der Waals surface area contributed by atoms with Crippen LogP contribution in [-0.4, -0.2) is 59.0 Å². The van der Waals surface area contributed by atoms with Crippen LogP contribution >= 0.6 is 0 Å². The topological polar surface area (TPSA) is 140 Å². The number of anilines is 1. The predicted octanol–water partition coefficient (Wildman–Crippen LogP) is 0.624. The van der Waals surface area contributed by atoms with Crippen molar-refractivity contribution in [1.29, 1.82) is 0 Å². The lowest BCUT2D eigenvalue weighted by atomic mass is 9.98. The smallest absolute Gasteiger partial charge is 0.346 e. The fraction of sp³-hybridized carbons (Fsp3) is 0.400. The third kappa shape index (κ3) is 6.48. The summed E-state index contributed by atoms with van der Waals surface area (Å²) in [5.41, 5.74) is -0.866. The Kier molecular flexibility index (Phi) is 8.66. The monoisotopic (exact) mass is 419 g/mol. The number of carbonyl (C=O) groups is 2. The number of nitrogens with one attached hydrogen (secondary N) is 2. The molecule has 1 saturated heterocycles. The summed E-state index contributed by atoms with van der Waals surface area (Å²) in [5, 5.41) is 12.3. The number of ether oxygens (including phenoxy) is 3. The number of aromatic nitrogens is 2. The molecule has 0 aliphatic carbocycles. The number of benzene rings is 1. The summed E-state index contributed by atoms with van der Waals surface area (Å²) in [5.74, 6) is -0.574. The van der Waals surface area contributed by atoms with Gasteiger partial charge in [-0.15, -0.1) is 0 Å². The van der Waals surface area contributed by atoms with Crippen molar-refractivity contribution in [3.63, 3.8) is 0 Å². The van der Waals surface area contributed by atoms with Crippen molar-refractivity contribution in [3.05, 3.63) is 58.6 Å². The first kappa shape index (κ1) is 23.2. The summed E-state index contributed by atoms with van der Waals surface area (Å²) in [6, 6.07) is 11.1. The van der Waals surface area contributed by atoms with Crippen LogP contribution in [0, 0.1) is 0 Å². The highest BCUT2D eigenvalue weighted by molar-refractivity contribution is 5.87. The van der Waals surface area contributed by atoms with Gasteiger partial charge in [0.2, 0.25) is 11.5 Å². The molecule has 2 aromatic rings. The van der Waals surface area contributed by atoms with Gasteiger partial charge < -0.3 is 29.6 Å². The first-order chi connectivity index (χ1) is 14.4. The fourth-order valence-corrected chi connectivity index (χ4v) is 2.76. The number of carbonyl (C=O) groups excluding carboxylic acids is 2. The predicted molar refractivity (Wildman–Crippen MR) is 107 cm³/mol. The van der Waals surface area contributed by atoms with Gasteiger partial charge >= 0.3 is 11.7 Å². The molecule has 3 N–H and O–H groups in total. The maximum Gasteiger partial charge on any atom is 0.346 e. The van der Waals surface area contributed by atoms with Crippen LogP contribution in [0.5, 0.6) is 0 Å². The molecule has 1 aromatic heterocycles. The summed E-state index contributed by atoms with van der Waals surface area (Å²) >= 11 is 0. The average Bonchev–Trinajstić information content (AvgIpc) is 3.09. The number of rotatable bonds is 6. The van der Waals surface area contributed by atoms with E-state index < -0.39 is 23.4 Å². The maximum atomic E-state index is 11.8. The van der Waals surface area contributed by atoms with E-state index in [-0.39, 0.29) is 18.3 Å². The molecule has 2 atom stereocenters. The molecule has 10 heteroatoms. The van der Waals surface area contributed by atoms with Gasteiger partial charge in [0.1, 0.15) is 5.82 Å². The number of hydrogen-bond acceptors (Lipinski definition) is 8. The van der Waals surface area contributed by atoms with E-state index in [0.717, 1.165) is 5.56 Å². The molecule has 3 rings (SSSR count). The van der Waals surface area contributed by atoms with Crippen molar-refractivity contribution in [1.82, 2.24) is 9.97 Å². The Morgan fingerprint density at radius 1 is 1.33 bits per heavy atom. The van der Waals surface area contributed by atoms with Crippen molar-refractivity contribution < 1.29 is 28.9 Å². The molecule has 0 spiro atoms. The third-order valence-electron chi connectivity index (χ3n) is 4.22. The van der Waals surface area contributed by atoms with Gasteiger partial charge in [-0.3, -0.25) is 4.79 Å². The maximum absolute atomic E-state index is 11.8. The zero-order chi connectivity index (χ0) is 22.0. The highest BCUT2D eigenvalue weighted by Crippen LogP contribution is 2.28. The minimum Gasteiger partial charge on any atom is -0.467 e. The van der Waals surface area contributed by atoms with Crippen LogP contribution in [0.4, 0.5) is 5.82 Å². The molecule has 1 aliphatic heterocycles. The number of amides is 1. The second-order valence-corrected chi connectivity index (χ2v) is 6.47. The molecule has 1 aromatic carbocycles. The molecule has 30 heavy (non-hydrogen) atoms. The minimum absolute atomic E-state index is 0.0181. The normalized spacial score (nSPS) is 20.0. The quantitative estimate of drug-likeness (QED) is 0.579. The number of methoxy groups -OCH3 is 1. The Bertz CT molecular complexity index is 887. The molecule has 162 valence electrons. The molecule has 2 heterocycles. The molecular weight excluding hydrogens is 394 g/mol. The summed E-state index contributed by atoms with van der Waals surface area (Å²) in [7, 11) is 1.27. The summed E-state index contributed by atoms with van der Waals surface area (Å²) in [6.07, 6.45) is 0.931. The Hall–Kier alpha value is -3.08. The van der Waals surface area contributed by atoms with E-state index >= 15 is 0 Å². The summed E-state index contributed by atoms with van der Waals surface area (Å²) in [6.45, 7) is 2.01. The molecule has 2 unspecified atom stereocenters. The van der Waals surface area contributed by atoms with Crippen molar-refractivity contribution in [2.24, 2.45) is 0 Å². The van der Waals surface area contributed by atoms with Crippen LogP contribution in [-0.2, 0) is 30.4 Å². The first-order valence-electron chi connectivity index (χ1n) is 9.23. The zero-order valence-corrected chi connectivity index (χ0v) is 16.8. The van der Waals surface area contributed by atoms with Gasteiger partial charge in [0.05, 0.1) is 33.0 Å². The van der Waals surface area contributed by atoms with Gasteiger partial charge in [0, 0.05) is 19.5 Å². The number of nitrogens with zero attached hydrogens (tertiary/aromatic N) is 1. The number of esters is 1. The van der Waals surface area contributed by atoms with Crippen molar-refractivity contribution in [2.75, 3.05) is 25.6 Å². The van der Waals surface area contributed by atoms with E-state index in [1.54, 1.807) is 0 Å². The number of aliphatic hydroxyl groups excluding tert-OH is 1. The van der Waals surface area contributed by atoms with Crippen LogP contribution in [0.1, 0.15) is 18.9 Å². The second-order valence-electron chi connectivity index (χ2n) is 6.47. The van der Waals surface area contributed by atoms with Crippen LogP contribution in [0.2, 0.25) is 0 Å². The molecule has 10 nitrogen and oxygen atoms in total. The van der Waals surface area contributed by atoms with Crippen LogP contribution < -0.4 is 11.0 Å². The Morgan fingerprint density at radius 3 is 2.63 bits per heavy atom. The van der Waals surface area contributed by atoms with E-state index in [4.69, 9.17) is 14.2 Å². The number of aliphatic hydroxyl groups is 1. The SMILES string of the molecule is CC(=O)Nc1cc[nH]c(=O)n1.COC(=O)C1(COCc2ccccc2)OCCC1O. The summed E-state index contributed by atoms with van der Waals surface area (Å²) in [4.78, 5) is 38.6. The Balaban J connectivity index is 0.000000248. The van der Waals surface area contributed by atoms with Crippen LogP contribution in [0.15, 0.2) is 47.4 Å². The molecule has 0 saturated carbocycles. The average molecular weight is 419 g/mol. The lowest BCUT2D eigenvalue weighted by Gasteiger charge is -2.28. The standard InChI is InChI=1S/C14H18O5.C6H7N3O2/c1-17-13(16)14(12(15)7-8-19-14)10-18-9-11-5-3-2-4-6-11;1-4(10)8-5-2-3-7-6(11)9-5/h2-6,12,15H,7-10H2,1H3;2-3H,1H3,(H2,7,8,9,10,11). The van der Waals surface area contributed by atoms with Crippen molar-refractivity contribution >= 4 is 17.7 Å². The van der Waals surface area contributed by atoms with E-state index in [0.29, 0.717) is 19.6 Å². The lowest BCUT2D eigenvalue weighted by molar-refractivity contribution is -0.182. The van der Waals surface area contributed by atoms with E-state index in [1.807, 2.05) is 30.3 Å². The molecule has 0 radical (unpaired) electrons. The van der Waals surface area contributed by atoms with Gasteiger partial charge in [-0.25, -0.2) is 9.59 Å². The summed E-state index contributed by atoms with van der Waals surface area (Å²) < 4.78 is 15.6. The van der Waals surface area contributed by atoms with Crippen molar-refractivity contribution in [2.45, 2.75) is 31.7 Å². The highest BCUT2D eigenvalue weighted by atomic mass is 16.6. The molecule has 1 aliphatic rings. The molecule has 1 fully saturated rings. The number of hydrogen-bond donors (Lipinski definition) is 3. The largest absolute Gasteiger partial charge is 0.467 e. The van der Waals surface area contributed by atoms with E-state index in [1.165, 1.54) is 26.3 Å². The van der Waals surface area contributed by atoms with Crippen LogP contribution in [0.25, 0.3) is 0 Å². The molecule has 1 amide bonds. The zero-order valence-electron chi connectivity index (χ0n) is 16.8. The van der Waals surface area contributed by atoms with Crippen LogP contribution in [0.3, 0.4) is 0 Å². The first-order valence-corrected chi connectivity index (χ1v) is 9.23. The van der Waals surface area contributed by atoms with Gasteiger partial charge in [-0.1, -0.05) is 30.3 Å². The van der Waals surface area contributed by atoms with Gasteiger partial charge in [0.15, 0.2) is 0 Å². The molecular formula is C20H25N3O7. The van der Waals surface area contributed by atoms with E-state index in [9.17, 15) is 19.5 Å². The Morgan fingerprint density at radius 2 is 2.07 bits per heavy atom. The van der Waals surface area contributed by atoms with Gasteiger partial charge in [-0.05, 0) is 11.6 Å². The van der Waals surface area contributed by atoms with E-state index in [2.05, 4.69) is 15.3 Å². The third-order valence-corrected chi connectivity index (χ3v) is 4.22. The number of H-pyrrole nitrogens is 1. The molecule has 0 bridgehead atoms. The van der Waals surface area contributed by atoms with Crippen molar-refractivity contribution in [3.8, 4) is 0 Å². The number of aromatic amines is 1. The minimum atomic E-state index is -1.39. The van der Waals surface area contributed by atoms with Gasteiger partial charge in [0.25, 0.3) is 0 Å². The lowest BCUT2D eigenvalue weighted by Crippen LogP contribution is -2.51. The van der Waals surface area contributed by atoms with Gasteiger partial charge in [-0.2, -0.15) is 4.98 Å². The fourth-order valence-electron chi connectivity index (χ4n) is 2.76. The second kappa shape index (κ2) is 11.2. The Labute approximate surface area is 173 Å². The highest BCUT2D eigenvalue weighted by Gasteiger charge is 2.51.